The number of rotatable bonds is 4. The summed E-state index contributed by atoms with van der Waals surface area (Å²) >= 11 is 0. The summed E-state index contributed by atoms with van der Waals surface area (Å²) in [7, 11) is 0. The highest BCUT2D eigenvalue weighted by Crippen LogP contribution is 2.38. The minimum atomic E-state index is -0.670. The van der Waals surface area contributed by atoms with E-state index in [0.717, 1.165) is 29.9 Å². The summed E-state index contributed by atoms with van der Waals surface area (Å²) in [4.78, 5) is 41.0. The summed E-state index contributed by atoms with van der Waals surface area (Å²) in [6, 6.07) is 6.28. The Morgan fingerprint density at radius 2 is 1.97 bits per heavy atom. The lowest BCUT2D eigenvalue weighted by molar-refractivity contribution is -0.110. The van der Waals surface area contributed by atoms with Gasteiger partial charge in [0.05, 0.1) is 5.57 Å². The van der Waals surface area contributed by atoms with Crippen molar-refractivity contribution < 1.29 is 14.4 Å². The maximum Gasteiger partial charge on any atom is 0.317 e. The van der Waals surface area contributed by atoms with Crippen molar-refractivity contribution in [1.29, 1.82) is 0 Å². The second kappa shape index (κ2) is 8.52. The molecule has 1 aromatic heterocycles. The number of aromatic amines is 1. The van der Waals surface area contributed by atoms with Crippen molar-refractivity contribution in [2.75, 3.05) is 36.8 Å². The summed E-state index contributed by atoms with van der Waals surface area (Å²) in [5, 5.41) is 11.5. The highest BCUT2D eigenvalue weighted by atomic mass is 16.2. The van der Waals surface area contributed by atoms with Crippen molar-refractivity contribution in [1.82, 2.24) is 20.5 Å². The maximum absolute atomic E-state index is 12.6. The maximum atomic E-state index is 12.6. The van der Waals surface area contributed by atoms with Gasteiger partial charge in [0.1, 0.15) is 0 Å². The number of nitrogens with one attached hydrogen (secondary N) is 5. The van der Waals surface area contributed by atoms with Crippen molar-refractivity contribution in [3.63, 3.8) is 0 Å². The number of amides is 5. The highest BCUT2D eigenvalue weighted by molar-refractivity contribution is 6.36. The predicted octanol–water partition coefficient (Wildman–Crippen LogP) is 1.50. The van der Waals surface area contributed by atoms with Crippen LogP contribution in [0, 0.1) is 0 Å². The average Bonchev–Trinajstić information content (AvgIpc) is 3.35. The quantitative estimate of drug-likeness (QED) is 0.414. The molecule has 4 rings (SSSR count). The Bertz CT molecular complexity index is 1070. The van der Waals surface area contributed by atoms with Gasteiger partial charge in [-0.1, -0.05) is 0 Å². The van der Waals surface area contributed by atoms with Crippen LogP contribution in [0.15, 0.2) is 30.5 Å². The van der Waals surface area contributed by atoms with E-state index in [4.69, 9.17) is 5.73 Å². The molecule has 5 amide bonds. The molecule has 31 heavy (non-hydrogen) atoms. The van der Waals surface area contributed by atoms with Crippen molar-refractivity contribution in [2.45, 2.75) is 13.5 Å². The van der Waals surface area contributed by atoms with Crippen LogP contribution in [0.1, 0.15) is 23.7 Å². The Balaban J connectivity index is 1.51. The third-order valence-electron chi connectivity index (χ3n) is 5.40. The van der Waals surface area contributed by atoms with Crippen LogP contribution < -0.4 is 27.0 Å². The molecule has 1 aromatic carbocycles. The monoisotopic (exact) mass is 423 g/mol. The lowest BCUT2D eigenvalue weighted by Gasteiger charge is -2.27. The molecule has 2 aliphatic heterocycles. The van der Waals surface area contributed by atoms with Gasteiger partial charge < -0.3 is 36.9 Å². The number of nitrogens with zero attached hydrogens (tertiary/aromatic N) is 1. The van der Waals surface area contributed by atoms with Gasteiger partial charge in [0, 0.05) is 61.6 Å². The van der Waals surface area contributed by atoms with Crippen molar-refractivity contribution in [3.05, 3.63) is 47.3 Å². The first-order chi connectivity index (χ1) is 14.9. The van der Waals surface area contributed by atoms with Gasteiger partial charge in [0.25, 0.3) is 5.91 Å². The number of urea groups is 2. The molecule has 0 aliphatic carbocycles. The number of anilines is 2. The van der Waals surface area contributed by atoms with Crippen molar-refractivity contribution in [3.8, 4) is 0 Å². The number of H-pyrrole nitrogens is 1. The third kappa shape index (κ3) is 4.38. The van der Waals surface area contributed by atoms with Crippen molar-refractivity contribution in [2.24, 2.45) is 5.73 Å². The zero-order valence-corrected chi connectivity index (χ0v) is 17.2. The van der Waals surface area contributed by atoms with Crippen LogP contribution in [0.2, 0.25) is 0 Å². The van der Waals surface area contributed by atoms with Crippen LogP contribution in [-0.4, -0.2) is 54.0 Å². The molecule has 7 N–H and O–H groups in total. The second-order valence-electron chi connectivity index (χ2n) is 7.52. The molecule has 3 heterocycles. The molecular weight excluding hydrogens is 398 g/mol. The lowest BCUT2D eigenvalue weighted by Crippen LogP contribution is -2.50. The number of aromatic nitrogens is 1. The Hall–Kier alpha value is -3.79. The normalized spacial score (nSPS) is 17.1. The van der Waals surface area contributed by atoms with E-state index in [-0.39, 0.29) is 11.9 Å². The van der Waals surface area contributed by atoms with Crippen LogP contribution in [0.5, 0.6) is 0 Å². The fraction of sp³-hybridized carbons (Fsp3) is 0.286. The number of carbonyl (C=O) groups is 3. The van der Waals surface area contributed by atoms with Crippen molar-refractivity contribution >= 4 is 40.5 Å². The second-order valence-corrected chi connectivity index (χ2v) is 7.52. The van der Waals surface area contributed by atoms with Crippen LogP contribution in [0.4, 0.5) is 21.0 Å². The van der Waals surface area contributed by atoms with E-state index >= 15 is 0 Å². The van der Waals surface area contributed by atoms with E-state index in [0.29, 0.717) is 42.1 Å². The topological polar surface area (TPSA) is 144 Å². The van der Waals surface area contributed by atoms with Crippen LogP contribution >= 0.6 is 0 Å². The fourth-order valence-electron chi connectivity index (χ4n) is 3.81. The number of hydrogen-bond acceptors (Lipinski definition) is 4. The Kier molecular flexibility index (Phi) is 5.63. The standard InChI is InChI=1S/C21H25N7O3/c1-12(18-15-9-14(26-20(22)30)2-3-16(15)27-19(18)29)17-8-13(10-24-17)11-25-21(31)28-6-4-23-5-7-28/h2-3,8-10,23-24H,4-7,11H2,1H3,(H,25,31)(H,27,29)(H3,22,26,30)/b18-12-. The molecule has 0 bridgehead atoms. The van der Waals surface area contributed by atoms with E-state index in [2.05, 4.69) is 26.3 Å². The Labute approximate surface area is 179 Å². The van der Waals surface area contributed by atoms with E-state index in [1.807, 2.05) is 19.2 Å². The SMILES string of the molecule is C/C(=C1/C(=O)Nc2ccc(NC(N)=O)cc21)c1cc(CNC(=O)N2CCNCC2)c[nH]1. The fourth-order valence-corrected chi connectivity index (χ4v) is 3.81. The van der Waals surface area contributed by atoms with E-state index in [1.54, 1.807) is 23.1 Å². The molecule has 0 spiro atoms. The molecule has 10 nitrogen and oxygen atoms in total. The number of nitrogens with two attached hydrogens (primary N) is 1. The van der Waals surface area contributed by atoms with Gasteiger partial charge in [-0.15, -0.1) is 0 Å². The largest absolute Gasteiger partial charge is 0.361 e. The van der Waals surface area contributed by atoms with Gasteiger partial charge in [-0.2, -0.15) is 0 Å². The molecule has 0 radical (unpaired) electrons. The number of fused-ring (bicyclic) bond motifs is 1. The van der Waals surface area contributed by atoms with Crippen LogP contribution in [-0.2, 0) is 11.3 Å². The van der Waals surface area contributed by atoms with E-state index in [9.17, 15) is 14.4 Å². The molecule has 162 valence electrons. The first kappa shape index (κ1) is 20.5. The number of benzene rings is 1. The average molecular weight is 423 g/mol. The molecule has 2 aliphatic rings. The molecule has 1 saturated heterocycles. The Morgan fingerprint density at radius 3 is 2.71 bits per heavy atom. The Morgan fingerprint density at radius 1 is 1.19 bits per heavy atom. The van der Waals surface area contributed by atoms with Gasteiger partial charge in [0.2, 0.25) is 0 Å². The summed E-state index contributed by atoms with van der Waals surface area (Å²) in [5.74, 6) is -0.216. The van der Waals surface area contributed by atoms with Gasteiger partial charge in [-0.25, -0.2) is 9.59 Å². The molecule has 10 heteroatoms. The lowest BCUT2D eigenvalue weighted by atomic mass is 9.99. The molecule has 2 aromatic rings. The predicted molar refractivity (Wildman–Crippen MR) is 118 cm³/mol. The highest BCUT2D eigenvalue weighted by Gasteiger charge is 2.27. The number of piperazine rings is 1. The first-order valence-corrected chi connectivity index (χ1v) is 10.1. The zero-order chi connectivity index (χ0) is 22.0. The molecule has 0 saturated carbocycles. The number of carbonyl (C=O) groups excluding carboxylic acids is 3. The van der Waals surface area contributed by atoms with Gasteiger partial charge in [-0.3, -0.25) is 4.79 Å². The minimum Gasteiger partial charge on any atom is -0.361 e. The molecular formula is C21H25N7O3. The van der Waals surface area contributed by atoms with Gasteiger partial charge >= 0.3 is 12.1 Å². The number of hydrogen-bond donors (Lipinski definition) is 6. The van der Waals surface area contributed by atoms with Gasteiger partial charge in [0.15, 0.2) is 0 Å². The van der Waals surface area contributed by atoms with Gasteiger partial charge in [-0.05, 0) is 42.3 Å². The molecule has 0 unspecified atom stereocenters. The smallest absolute Gasteiger partial charge is 0.317 e. The summed E-state index contributed by atoms with van der Waals surface area (Å²) in [6.45, 7) is 5.22. The molecule has 0 atom stereocenters. The van der Waals surface area contributed by atoms with Crippen LogP contribution in [0.25, 0.3) is 11.1 Å². The first-order valence-electron chi connectivity index (χ1n) is 10.1. The minimum absolute atomic E-state index is 0.0853. The summed E-state index contributed by atoms with van der Waals surface area (Å²) in [6.07, 6.45) is 1.82. The number of allylic oxidation sites excluding steroid dienone is 1. The zero-order valence-electron chi connectivity index (χ0n) is 17.2. The molecule has 1 fully saturated rings. The number of primary amides is 1. The third-order valence-corrected chi connectivity index (χ3v) is 5.40. The summed E-state index contributed by atoms with van der Waals surface area (Å²) in [5.41, 5.74) is 10.0. The summed E-state index contributed by atoms with van der Waals surface area (Å²) < 4.78 is 0. The van der Waals surface area contributed by atoms with E-state index < -0.39 is 6.03 Å². The van der Waals surface area contributed by atoms with Crippen LogP contribution in [0.3, 0.4) is 0 Å². The van der Waals surface area contributed by atoms with E-state index in [1.165, 1.54) is 0 Å².